The van der Waals surface area contributed by atoms with E-state index in [0.29, 0.717) is 13.2 Å². The van der Waals surface area contributed by atoms with Gasteiger partial charge in [-0.25, -0.2) is 0 Å². The molecule has 3 aromatic rings. The number of fused-ring (bicyclic) bond motifs is 2. The highest BCUT2D eigenvalue weighted by molar-refractivity contribution is 5.61. The van der Waals surface area contributed by atoms with Crippen LogP contribution in [0.5, 0.6) is 5.75 Å². The lowest BCUT2D eigenvalue weighted by Gasteiger charge is -2.38. The van der Waals surface area contributed by atoms with Crippen molar-refractivity contribution in [2.45, 2.75) is 37.1 Å². The number of ether oxygens (including phenoxy) is 3. The van der Waals surface area contributed by atoms with Crippen LogP contribution in [0.25, 0.3) is 11.1 Å². The molecule has 2 aliphatic rings. The monoisotopic (exact) mass is 407 g/mol. The van der Waals surface area contributed by atoms with Gasteiger partial charge in [0.1, 0.15) is 17.9 Å². The summed E-state index contributed by atoms with van der Waals surface area (Å²) in [6.07, 6.45) is 2.33. The van der Waals surface area contributed by atoms with Crippen LogP contribution in [-0.4, -0.2) is 53.1 Å². The molecule has 156 valence electrons. The maximum absolute atomic E-state index is 11.2. The average Bonchev–Trinajstić information content (AvgIpc) is 3.44. The fourth-order valence-electron chi connectivity index (χ4n) is 4.23. The molecular weight excluding hydrogens is 382 g/mol. The molecular formula is C23H25N3O4. The van der Waals surface area contributed by atoms with Gasteiger partial charge < -0.3 is 24.6 Å². The summed E-state index contributed by atoms with van der Waals surface area (Å²) in [6.45, 7) is 1.03. The van der Waals surface area contributed by atoms with Crippen molar-refractivity contribution < 1.29 is 19.3 Å². The largest absolute Gasteiger partial charge is 0.497 e. The predicted molar refractivity (Wildman–Crippen MR) is 111 cm³/mol. The van der Waals surface area contributed by atoms with E-state index in [1.54, 1.807) is 11.8 Å². The minimum atomic E-state index is -0.703. The normalized spacial score (nSPS) is 27.9. The SMILES string of the molecule is COc1cccc(CNC2C3COC(O3)C(n3cc(-c4ccccc4)cn3)C2O)c1. The van der Waals surface area contributed by atoms with E-state index in [1.807, 2.05) is 67.0 Å². The van der Waals surface area contributed by atoms with Crippen molar-refractivity contribution >= 4 is 0 Å². The predicted octanol–water partition coefficient (Wildman–Crippen LogP) is 2.37. The second kappa shape index (κ2) is 8.20. The van der Waals surface area contributed by atoms with Crippen molar-refractivity contribution in [1.29, 1.82) is 0 Å². The zero-order valence-corrected chi connectivity index (χ0v) is 16.7. The molecule has 2 N–H and O–H groups in total. The van der Waals surface area contributed by atoms with E-state index in [-0.39, 0.29) is 12.1 Å². The molecule has 2 fully saturated rings. The van der Waals surface area contributed by atoms with E-state index in [4.69, 9.17) is 14.2 Å². The van der Waals surface area contributed by atoms with Gasteiger partial charge in [0, 0.05) is 18.3 Å². The summed E-state index contributed by atoms with van der Waals surface area (Å²) in [4.78, 5) is 0. The van der Waals surface area contributed by atoms with Crippen LogP contribution in [0, 0.1) is 0 Å². The number of nitrogens with one attached hydrogen (secondary N) is 1. The van der Waals surface area contributed by atoms with Crippen LogP contribution < -0.4 is 10.1 Å². The molecule has 0 aliphatic carbocycles. The standard InChI is InChI=1S/C23H25N3O4/c1-28-18-9-5-6-15(10-18)11-24-20-19-14-29-23(30-19)21(22(20)27)26-13-17(12-25-26)16-7-3-2-4-8-16/h2-10,12-13,19-24,27H,11,14H2,1H3. The van der Waals surface area contributed by atoms with Crippen LogP contribution >= 0.6 is 0 Å². The first-order valence-electron chi connectivity index (χ1n) is 10.1. The van der Waals surface area contributed by atoms with E-state index < -0.39 is 18.4 Å². The topological polar surface area (TPSA) is 77.8 Å². The Morgan fingerprint density at radius 2 is 2.03 bits per heavy atom. The van der Waals surface area contributed by atoms with Crippen LogP contribution in [0.2, 0.25) is 0 Å². The highest BCUT2D eigenvalue weighted by atomic mass is 16.7. The second-order valence-corrected chi connectivity index (χ2v) is 7.69. The molecule has 5 atom stereocenters. The van der Waals surface area contributed by atoms with E-state index in [2.05, 4.69) is 10.4 Å². The lowest BCUT2D eigenvalue weighted by molar-refractivity contribution is -0.168. The lowest BCUT2D eigenvalue weighted by atomic mass is 9.95. The maximum atomic E-state index is 11.2. The smallest absolute Gasteiger partial charge is 0.183 e. The van der Waals surface area contributed by atoms with Gasteiger partial charge in [0.2, 0.25) is 0 Å². The summed E-state index contributed by atoms with van der Waals surface area (Å²) in [6, 6.07) is 17.2. The Bertz CT molecular complexity index is 993. The van der Waals surface area contributed by atoms with Crippen molar-refractivity contribution in [1.82, 2.24) is 15.1 Å². The second-order valence-electron chi connectivity index (χ2n) is 7.69. The summed E-state index contributed by atoms with van der Waals surface area (Å²) in [5.41, 5.74) is 3.14. The summed E-state index contributed by atoms with van der Waals surface area (Å²) in [5.74, 6) is 0.807. The van der Waals surface area contributed by atoms with Crippen molar-refractivity contribution in [2.24, 2.45) is 0 Å². The Labute approximate surface area is 175 Å². The lowest BCUT2D eigenvalue weighted by Crippen LogP contribution is -2.57. The summed E-state index contributed by atoms with van der Waals surface area (Å²) < 4.78 is 19.0. The molecule has 0 saturated carbocycles. The molecule has 2 aliphatic heterocycles. The van der Waals surface area contributed by atoms with Crippen LogP contribution in [0.4, 0.5) is 0 Å². The zero-order chi connectivity index (χ0) is 20.5. The number of aliphatic hydroxyl groups excluding tert-OH is 1. The molecule has 2 saturated heterocycles. The third-order valence-electron chi connectivity index (χ3n) is 5.82. The third-order valence-corrected chi connectivity index (χ3v) is 5.82. The minimum absolute atomic E-state index is 0.198. The average molecular weight is 407 g/mol. The van der Waals surface area contributed by atoms with Gasteiger partial charge in [-0.3, -0.25) is 4.68 Å². The van der Waals surface area contributed by atoms with Gasteiger partial charge in [-0.05, 0) is 23.3 Å². The summed E-state index contributed by atoms with van der Waals surface area (Å²) in [7, 11) is 1.65. The first kappa shape index (κ1) is 19.3. The number of aliphatic hydroxyl groups is 1. The first-order chi connectivity index (χ1) is 14.7. The van der Waals surface area contributed by atoms with Crippen LogP contribution in [0.15, 0.2) is 67.0 Å². The number of nitrogens with zero attached hydrogens (tertiary/aromatic N) is 2. The van der Waals surface area contributed by atoms with Crippen LogP contribution in [0.1, 0.15) is 11.6 Å². The molecule has 5 rings (SSSR count). The van der Waals surface area contributed by atoms with Gasteiger partial charge in [-0.1, -0.05) is 42.5 Å². The molecule has 30 heavy (non-hydrogen) atoms. The number of rotatable bonds is 6. The van der Waals surface area contributed by atoms with Gasteiger partial charge in [-0.2, -0.15) is 5.10 Å². The Morgan fingerprint density at radius 3 is 2.87 bits per heavy atom. The molecule has 0 radical (unpaired) electrons. The third kappa shape index (κ3) is 3.61. The van der Waals surface area contributed by atoms with E-state index >= 15 is 0 Å². The van der Waals surface area contributed by atoms with E-state index in [9.17, 15) is 5.11 Å². The molecule has 2 bridgehead atoms. The van der Waals surface area contributed by atoms with Gasteiger partial charge >= 0.3 is 0 Å². The minimum Gasteiger partial charge on any atom is -0.497 e. The van der Waals surface area contributed by atoms with Crippen molar-refractivity contribution in [2.75, 3.05) is 13.7 Å². The molecule has 7 nitrogen and oxygen atoms in total. The Balaban J connectivity index is 1.34. The number of aromatic nitrogens is 2. The van der Waals surface area contributed by atoms with Crippen LogP contribution in [0.3, 0.4) is 0 Å². The molecule has 5 unspecified atom stereocenters. The van der Waals surface area contributed by atoms with Gasteiger partial charge in [-0.15, -0.1) is 0 Å². The Kier molecular flexibility index (Phi) is 5.26. The molecule has 7 heteroatoms. The quantitative estimate of drug-likeness (QED) is 0.653. The van der Waals surface area contributed by atoms with E-state index in [0.717, 1.165) is 22.4 Å². The fourth-order valence-corrected chi connectivity index (χ4v) is 4.23. The van der Waals surface area contributed by atoms with Crippen molar-refractivity contribution in [3.05, 3.63) is 72.6 Å². The first-order valence-corrected chi connectivity index (χ1v) is 10.1. The zero-order valence-electron chi connectivity index (χ0n) is 16.7. The summed E-state index contributed by atoms with van der Waals surface area (Å²) in [5, 5.41) is 19.2. The maximum Gasteiger partial charge on any atom is 0.183 e. The fraction of sp³-hybridized carbons (Fsp3) is 0.348. The number of methoxy groups -OCH3 is 1. The van der Waals surface area contributed by atoms with Crippen molar-refractivity contribution in [3.8, 4) is 16.9 Å². The number of benzene rings is 2. The Hall–Kier alpha value is -2.71. The van der Waals surface area contributed by atoms with E-state index in [1.165, 1.54) is 0 Å². The molecule has 0 amide bonds. The molecule has 0 spiro atoms. The van der Waals surface area contributed by atoms with Gasteiger partial charge in [0.15, 0.2) is 6.29 Å². The summed E-state index contributed by atoms with van der Waals surface area (Å²) >= 11 is 0. The molecule has 3 heterocycles. The number of hydrogen-bond donors (Lipinski definition) is 2. The van der Waals surface area contributed by atoms with Crippen molar-refractivity contribution in [3.63, 3.8) is 0 Å². The van der Waals surface area contributed by atoms with Crippen LogP contribution in [-0.2, 0) is 16.0 Å². The van der Waals surface area contributed by atoms with Gasteiger partial charge in [0.05, 0.1) is 32.1 Å². The van der Waals surface area contributed by atoms with Gasteiger partial charge in [0.25, 0.3) is 0 Å². The molecule has 1 aromatic heterocycles. The highest BCUT2D eigenvalue weighted by Crippen LogP contribution is 2.36. The number of hydrogen-bond acceptors (Lipinski definition) is 6. The molecule has 2 aromatic carbocycles. The highest BCUT2D eigenvalue weighted by Gasteiger charge is 2.51. The Morgan fingerprint density at radius 1 is 1.17 bits per heavy atom.